The summed E-state index contributed by atoms with van der Waals surface area (Å²) in [7, 11) is 0. The molecule has 2 N–H and O–H groups in total. The Kier molecular flexibility index (Phi) is 4.50. The molecule has 6 heteroatoms. The highest BCUT2D eigenvalue weighted by Crippen LogP contribution is 2.30. The van der Waals surface area contributed by atoms with Crippen LogP contribution < -0.4 is 5.32 Å². The first-order valence-electron chi connectivity index (χ1n) is 9.05. The van der Waals surface area contributed by atoms with Gasteiger partial charge in [-0.3, -0.25) is 9.48 Å². The van der Waals surface area contributed by atoms with Crippen LogP contribution in [0.25, 0.3) is 10.9 Å². The van der Waals surface area contributed by atoms with Gasteiger partial charge in [-0.2, -0.15) is 5.10 Å². The van der Waals surface area contributed by atoms with Crippen molar-refractivity contribution in [2.75, 3.05) is 5.32 Å². The summed E-state index contributed by atoms with van der Waals surface area (Å²) in [6.45, 7) is 0.706. The molecule has 1 aromatic carbocycles. The van der Waals surface area contributed by atoms with Crippen molar-refractivity contribution in [3.63, 3.8) is 0 Å². The van der Waals surface area contributed by atoms with Crippen molar-refractivity contribution in [2.24, 2.45) is 0 Å². The van der Waals surface area contributed by atoms with Crippen LogP contribution in [0.5, 0.6) is 0 Å². The lowest BCUT2D eigenvalue weighted by atomic mass is 10.1. The first kappa shape index (κ1) is 15.9. The number of fused-ring (bicyclic) bond motifs is 3. The molecular formula is C19H23N5O. The number of aromatic amines is 1. The van der Waals surface area contributed by atoms with Crippen LogP contribution in [-0.2, 0) is 24.2 Å². The molecule has 0 spiro atoms. The van der Waals surface area contributed by atoms with E-state index >= 15 is 0 Å². The number of nitrogens with one attached hydrogen (secondary N) is 2. The number of benzene rings is 1. The third-order valence-corrected chi connectivity index (χ3v) is 4.89. The minimum atomic E-state index is 0.0427. The fraction of sp³-hybridized carbons (Fsp3) is 0.421. The van der Waals surface area contributed by atoms with Crippen LogP contribution in [0.2, 0.25) is 0 Å². The second kappa shape index (κ2) is 7.09. The number of hydrogen-bond donors (Lipinski definition) is 2. The van der Waals surface area contributed by atoms with E-state index in [1.54, 1.807) is 11.0 Å². The van der Waals surface area contributed by atoms with Crippen molar-refractivity contribution in [1.29, 1.82) is 0 Å². The number of carbonyl (C=O) groups excluding carboxylic acids is 1. The van der Waals surface area contributed by atoms with Gasteiger partial charge in [-0.25, -0.2) is 4.98 Å². The first-order valence-corrected chi connectivity index (χ1v) is 9.05. The summed E-state index contributed by atoms with van der Waals surface area (Å²) >= 11 is 0. The lowest BCUT2D eigenvalue weighted by molar-refractivity contribution is -0.116. The zero-order chi connectivity index (χ0) is 17.1. The molecule has 3 aromatic rings. The van der Waals surface area contributed by atoms with E-state index in [4.69, 9.17) is 0 Å². The topological polar surface area (TPSA) is 75.6 Å². The van der Waals surface area contributed by atoms with E-state index < -0.39 is 0 Å². The van der Waals surface area contributed by atoms with Crippen molar-refractivity contribution < 1.29 is 4.79 Å². The highest BCUT2D eigenvalue weighted by atomic mass is 16.1. The molecule has 25 heavy (non-hydrogen) atoms. The van der Waals surface area contributed by atoms with Gasteiger partial charge in [0.05, 0.1) is 0 Å². The number of aryl methyl sites for hydroxylation is 3. The summed E-state index contributed by atoms with van der Waals surface area (Å²) in [5.41, 5.74) is 4.87. The molecule has 130 valence electrons. The van der Waals surface area contributed by atoms with Crippen LogP contribution in [-0.4, -0.2) is 25.7 Å². The van der Waals surface area contributed by atoms with Gasteiger partial charge in [0.2, 0.25) is 5.91 Å². The second-order valence-electron chi connectivity index (χ2n) is 6.71. The smallest absolute Gasteiger partial charge is 0.224 e. The van der Waals surface area contributed by atoms with Crippen molar-refractivity contribution >= 4 is 22.5 Å². The Morgan fingerprint density at radius 1 is 1.24 bits per heavy atom. The molecular weight excluding hydrogens is 314 g/mol. The molecule has 1 amide bonds. The molecule has 0 aliphatic heterocycles. The molecule has 1 aliphatic rings. The van der Waals surface area contributed by atoms with Crippen LogP contribution >= 0.6 is 0 Å². The average Bonchev–Trinajstić information content (AvgIpc) is 3.17. The van der Waals surface area contributed by atoms with E-state index in [1.165, 1.54) is 47.8 Å². The number of nitrogens with zero attached hydrogens (tertiary/aromatic N) is 3. The molecule has 0 saturated heterocycles. The van der Waals surface area contributed by atoms with E-state index in [1.807, 2.05) is 6.07 Å². The number of carbonyl (C=O) groups is 1. The fourth-order valence-corrected chi connectivity index (χ4v) is 3.63. The molecule has 0 atom stereocenters. The Balaban J connectivity index is 1.42. The Morgan fingerprint density at radius 3 is 3.04 bits per heavy atom. The van der Waals surface area contributed by atoms with Gasteiger partial charge in [0.15, 0.2) is 0 Å². The third-order valence-electron chi connectivity index (χ3n) is 4.89. The Hall–Kier alpha value is -2.63. The number of rotatable bonds is 5. The molecule has 2 heterocycles. The second-order valence-corrected chi connectivity index (χ2v) is 6.71. The van der Waals surface area contributed by atoms with Crippen LogP contribution in [0.15, 0.2) is 30.9 Å². The van der Waals surface area contributed by atoms with Crippen molar-refractivity contribution in [2.45, 2.75) is 51.5 Å². The van der Waals surface area contributed by atoms with Gasteiger partial charge in [-0.15, -0.1) is 0 Å². The lowest BCUT2D eigenvalue weighted by Crippen LogP contribution is -2.12. The van der Waals surface area contributed by atoms with Crippen LogP contribution in [0.3, 0.4) is 0 Å². The standard InChI is InChI=1S/C19H23N5O/c25-19(7-4-10-24-13-20-12-21-24)22-14-8-9-18-16(11-14)15-5-2-1-3-6-17(15)23-18/h8-9,11-13,23H,1-7,10H2,(H,22,25). The number of hydrogen-bond acceptors (Lipinski definition) is 3. The predicted molar refractivity (Wildman–Crippen MR) is 97.4 cm³/mol. The molecule has 0 radical (unpaired) electrons. The van der Waals surface area contributed by atoms with Gasteiger partial charge >= 0.3 is 0 Å². The zero-order valence-electron chi connectivity index (χ0n) is 14.3. The van der Waals surface area contributed by atoms with E-state index in [0.717, 1.165) is 24.9 Å². The summed E-state index contributed by atoms with van der Waals surface area (Å²) in [5.74, 6) is 0.0427. The molecule has 0 bridgehead atoms. The summed E-state index contributed by atoms with van der Waals surface area (Å²) in [6, 6.07) is 6.17. The monoisotopic (exact) mass is 337 g/mol. The lowest BCUT2D eigenvalue weighted by Gasteiger charge is -2.06. The number of H-pyrrole nitrogens is 1. The SMILES string of the molecule is O=C(CCCn1cncn1)Nc1ccc2[nH]c3c(c2c1)CCCCC3. The van der Waals surface area contributed by atoms with Gasteiger partial charge in [-0.05, 0) is 55.9 Å². The van der Waals surface area contributed by atoms with Gasteiger partial charge in [-0.1, -0.05) is 6.42 Å². The van der Waals surface area contributed by atoms with E-state index in [2.05, 4.69) is 32.5 Å². The Labute approximate surface area is 146 Å². The van der Waals surface area contributed by atoms with Crippen LogP contribution in [0.1, 0.15) is 43.4 Å². The maximum atomic E-state index is 12.2. The zero-order valence-corrected chi connectivity index (χ0v) is 14.3. The first-order chi connectivity index (χ1) is 12.3. The van der Waals surface area contributed by atoms with Crippen molar-refractivity contribution in [3.8, 4) is 0 Å². The Morgan fingerprint density at radius 2 is 2.16 bits per heavy atom. The van der Waals surface area contributed by atoms with Gasteiger partial charge in [0.25, 0.3) is 0 Å². The van der Waals surface area contributed by atoms with Crippen LogP contribution in [0.4, 0.5) is 5.69 Å². The quantitative estimate of drug-likeness (QED) is 0.700. The Bertz CT molecular complexity index is 865. The molecule has 6 nitrogen and oxygen atoms in total. The van der Waals surface area contributed by atoms with Crippen molar-refractivity contribution in [1.82, 2.24) is 19.7 Å². The molecule has 0 fully saturated rings. The highest BCUT2D eigenvalue weighted by Gasteiger charge is 2.14. The third kappa shape index (κ3) is 3.57. The number of anilines is 1. The largest absolute Gasteiger partial charge is 0.358 e. The molecule has 1 aliphatic carbocycles. The predicted octanol–water partition coefficient (Wildman–Crippen LogP) is 3.45. The summed E-state index contributed by atoms with van der Waals surface area (Å²) in [5, 5.41) is 8.33. The minimum Gasteiger partial charge on any atom is -0.358 e. The minimum absolute atomic E-state index is 0.0427. The van der Waals surface area contributed by atoms with E-state index in [9.17, 15) is 4.79 Å². The molecule has 0 unspecified atom stereocenters. The highest BCUT2D eigenvalue weighted by molar-refractivity contribution is 5.95. The fourth-order valence-electron chi connectivity index (χ4n) is 3.63. The summed E-state index contributed by atoms with van der Waals surface area (Å²) in [6.07, 6.45) is 10.5. The normalized spacial score (nSPS) is 14.2. The number of amides is 1. The van der Waals surface area contributed by atoms with Gasteiger partial charge in [0, 0.05) is 35.2 Å². The summed E-state index contributed by atoms with van der Waals surface area (Å²) in [4.78, 5) is 19.7. The van der Waals surface area contributed by atoms with Gasteiger partial charge in [0.1, 0.15) is 12.7 Å². The molecule has 4 rings (SSSR count). The maximum Gasteiger partial charge on any atom is 0.224 e. The maximum absolute atomic E-state index is 12.2. The average molecular weight is 337 g/mol. The van der Waals surface area contributed by atoms with Gasteiger partial charge < -0.3 is 10.3 Å². The molecule has 0 saturated carbocycles. The van der Waals surface area contributed by atoms with Crippen molar-refractivity contribution in [3.05, 3.63) is 42.1 Å². The molecule has 2 aromatic heterocycles. The van der Waals surface area contributed by atoms with Crippen LogP contribution in [0, 0.1) is 0 Å². The van der Waals surface area contributed by atoms with E-state index in [-0.39, 0.29) is 5.91 Å². The number of aromatic nitrogens is 4. The van der Waals surface area contributed by atoms with E-state index in [0.29, 0.717) is 13.0 Å². The summed E-state index contributed by atoms with van der Waals surface area (Å²) < 4.78 is 1.74.